The van der Waals surface area contributed by atoms with E-state index in [9.17, 15) is 13.2 Å². The number of carbonyl (C=O) groups is 1. The van der Waals surface area contributed by atoms with Gasteiger partial charge in [-0.05, 0) is 57.5 Å². The molecular formula is C21H26Cl2N4O3S4. The summed E-state index contributed by atoms with van der Waals surface area (Å²) in [6.07, 6.45) is 3.12. The highest BCUT2D eigenvalue weighted by atomic mass is 35.5. The fourth-order valence-electron chi connectivity index (χ4n) is 3.80. The summed E-state index contributed by atoms with van der Waals surface area (Å²) in [5.74, 6) is -0.231. The van der Waals surface area contributed by atoms with Gasteiger partial charge in [0.15, 0.2) is 5.13 Å². The standard InChI is InChI=1S/C21H25ClN4O3S4.ClH/c1-24(2)12-13-25(21-23-19-15(30-3)7-4-8-16(19)31-21)20(27)14-6-5-11-26(14)33(28,29)18-10-9-17(22)32-18;/h4,7-10,14H,5-6,11-13H2,1-3H3;1H. The van der Waals surface area contributed by atoms with Gasteiger partial charge in [0.1, 0.15) is 10.3 Å². The first-order valence-electron chi connectivity index (χ1n) is 10.4. The van der Waals surface area contributed by atoms with Gasteiger partial charge in [-0.15, -0.1) is 35.5 Å². The van der Waals surface area contributed by atoms with Crippen molar-refractivity contribution in [2.45, 2.75) is 28.0 Å². The first-order valence-corrected chi connectivity index (χ1v) is 15.1. The number of aromatic nitrogens is 1. The molecule has 1 unspecified atom stereocenters. The van der Waals surface area contributed by atoms with Crippen molar-refractivity contribution in [3.63, 3.8) is 0 Å². The van der Waals surface area contributed by atoms with Crippen LogP contribution in [0.4, 0.5) is 5.13 Å². The molecule has 1 aliphatic rings. The Kier molecular flexibility index (Phi) is 9.30. The second-order valence-electron chi connectivity index (χ2n) is 7.93. The number of likely N-dealkylation sites (N-methyl/N-ethyl adjacent to an activating group) is 1. The Morgan fingerprint density at radius 2 is 2.00 bits per heavy atom. The highest BCUT2D eigenvalue weighted by Gasteiger charge is 2.42. The molecule has 2 aromatic heterocycles. The van der Waals surface area contributed by atoms with Gasteiger partial charge in [0.25, 0.3) is 10.0 Å². The number of fused-ring (bicyclic) bond motifs is 1. The maximum Gasteiger partial charge on any atom is 0.253 e. The Balaban J connectivity index is 0.00000324. The molecule has 1 saturated heterocycles. The Bertz CT molecular complexity index is 1260. The van der Waals surface area contributed by atoms with Crippen LogP contribution in [0.1, 0.15) is 12.8 Å². The van der Waals surface area contributed by atoms with E-state index in [0.29, 0.717) is 41.9 Å². The van der Waals surface area contributed by atoms with Gasteiger partial charge in [0.05, 0.1) is 14.6 Å². The summed E-state index contributed by atoms with van der Waals surface area (Å²) in [6, 6.07) is 8.31. The number of halogens is 2. The second kappa shape index (κ2) is 11.4. The van der Waals surface area contributed by atoms with Gasteiger partial charge in [-0.3, -0.25) is 9.69 Å². The van der Waals surface area contributed by atoms with Crippen molar-refractivity contribution in [2.75, 3.05) is 44.9 Å². The molecule has 0 saturated carbocycles. The van der Waals surface area contributed by atoms with Crippen LogP contribution in [0.25, 0.3) is 10.2 Å². The molecule has 3 aromatic rings. The van der Waals surface area contributed by atoms with Crippen molar-refractivity contribution < 1.29 is 13.2 Å². The van der Waals surface area contributed by atoms with Gasteiger partial charge in [0, 0.05) is 24.5 Å². The number of rotatable bonds is 8. The third-order valence-electron chi connectivity index (χ3n) is 5.46. The van der Waals surface area contributed by atoms with Crippen molar-refractivity contribution in [2.24, 2.45) is 0 Å². The quantitative estimate of drug-likeness (QED) is 0.353. The number of nitrogens with zero attached hydrogens (tertiary/aromatic N) is 4. The molecule has 0 radical (unpaired) electrons. The Labute approximate surface area is 223 Å². The number of benzene rings is 1. The Morgan fingerprint density at radius 3 is 2.65 bits per heavy atom. The van der Waals surface area contributed by atoms with Crippen LogP contribution in [-0.2, 0) is 14.8 Å². The van der Waals surface area contributed by atoms with E-state index in [1.165, 1.54) is 21.7 Å². The lowest BCUT2D eigenvalue weighted by molar-refractivity contribution is -0.121. The SMILES string of the molecule is CSc1cccc2sc(N(CCN(C)C)C(=O)C3CCCN3S(=O)(=O)c3ccc(Cl)s3)nc12.Cl. The molecule has 1 aliphatic heterocycles. The van der Waals surface area contributed by atoms with Gasteiger partial charge in [-0.25, -0.2) is 13.4 Å². The minimum absolute atomic E-state index is 0. The molecule has 0 spiro atoms. The average Bonchev–Trinajstić information content (AvgIpc) is 3.52. The smallest absolute Gasteiger partial charge is 0.253 e. The van der Waals surface area contributed by atoms with Crippen LogP contribution in [0, 0.1) is 0 Å². The number of thiazole rings is 1. The lowest BCUT2D eigenvalue weighted by atomic mass is 10.2. The predicted molar refractivity (Wildman–Crippen MR) is 146 cm³/mol. The Morgan fingerprint density at radius 1 is 1.24 bits per heavy atom. The molecular weight excluding hydrogens is 555 g/mol. The summed E-state index contributed by atoms with van der Waals surface area (Å²) in [4.78, 5) is 23.3. The van der Waals surface area contributed by atoms with Gasteiger partial charge in [-0.2, -0.15) is 4.31 Å². The van der Waals surface area contributed by atoms with Crippen LogP contribution in [0.3, 0.4) is 0 Å². The van der Waals surface area contributed by atoms with Crippen molar-refractivity contribution in [3.05, 3.63) is 34.7 Å². The van der Waals surface area contributed by atoms with E-state index in [2.05, 4.69) is 0 Å². The second-order valence-corrected chi connectivity index (χ2v) is 13.6. The lowest BCUT2D eigenvalue weighted by Gasteiger charge is -2.29. The minimum Gasteiger partial charge on any atom is -0.308 e. The van der Waals surface area contributed by atoms with Gasteiger partial charge >= 0.3 is 0 Å². The summed E-state index contributed by atoms with van der Waals surface area (Å²) < 4.78 is 29.5. The van der Waals surface area contributed by atoms with E-state index in [-0.39, 0.29) is 22.5 Å². The molecule has 1 fully saturated rings. The molecule has 4 rings (SSSR count). The molecule has 34 heavy (non-hydrogen) atoms. The van der Waals surface area contributed by atoms with Gasteiger partial charge < -0.3 is 4.90 Å². The van der Waals surface area contributed by atoms with Crippen molar-refractivity contribution in [1.82, 2.24) is 14.2 Å². The number of anilines is 1. The zero-order chi connectivity index (χ0) is 23.8. The molecule has 7 nitrogen and oxygen atoms in total. The summed E-state index contributed by atoms with van der Waals surface area (Å²) >= 11 is 10.1. The normalized spacial score (nSPS) is 16.8. The molecule has 0 bridgehead atoms. The van der Waals surface area contributed by atoms with Crippen LogP contribution in [0.15, 0.2) is 39.4 Å². The fourth-order valence-corrected chi connectivity index (χ4v) is 8.71. The fraction of sp³-hybridized carbons (Fsp3) is 0.429. The molecule has 3 heterocycles. The van der Waals surface area contributed by atoms with Gasteiger partial charge in [-0.1, -0.05) is 29.0 Å². The predicted octanol–water partition coefficient (Wildman–Crippen LogP) is 4.90. The number of thiophene rings is 1. The maximum absolute atomic E-state index is 13.8. The number of carbonyl (C=O) groups excluding carboxylic acids is 1. The molecule has 186 valence electrons. The highest BCUT2D eigenvalue weighted by molar-refractivity contribution is 7.98. The Hall–Kier alpha value is -0.920. The summed E-state index contributed by atoms with van der Waals surface area (Å²) in [7, 11) is 0.0831. The van der Waals surface area contributed by atoms with E-state index in [1.807, 2.05) is 43.5 Å². The average molecular weight is 582 g/mol. The maximum atomic E-state index is 13.8. The summed E-state index contributed by atoms with van der Waals surface area (Å²) in [6.45, 7) is 1.37. The van der Waals surface area contributed by atoms with Crippen LogP contribution in [-0.4, -0.2) is 74.5 Å². The topological polar surface area (TPSA) is 73.8 Å². The highest BCUT2D eigenvalue weighted by Crippen LogP contribution is 2.36. The van der Waals surface area contributed by atoms with Crippen LogP contribution < -0.4 is 4.90 Å². The number of hydrogen-bond acceptors (Lipinski definition) is 8. The summed E-state index contributed by atoms with van der Waals surface area (Å²) in [5, 5.41) is 0.599. The molecule has 0 N–H and O–H groups in total. The molecule has 1 atom stereocenters. The number of thioether (sulfide) groups is 1. The van der Waals surface area contributed by atoms with Crippen molar-refractivity contribution in [3.8, 4) is 0 Å². The van der Waals surface area contributed by atoms with E-state index in [4.69, 9.17) is 16.6 Å². The number of amides is 1. The molecule has 1 amide bonds. The number of hydrogen-bond donors (Lipinski definition) is 0. The van der Waals surface area contributed by atoms with E-state index >= 15 is 0 Å². The molecule has 13 heteroatoms. The number of para-hydroxylation sites is 1. The van der Waals surface area contributed by atoms with E-state index in [0.717, 1.165) is 26.4 Å². The minimum atomic E-state index is -3.81. The molecule has 1 aromatic carbocycles. The van der Waals surface area contributed by atoms with Crippen molar-refractivity contribution in [1.29, 1.82) is 0 Å². The summed E-state index contributed by atoms with van der Waals surface area (Å²) in [5.41, 5.74) is 0.872. The largest absolute Gasteiger partial charge is 0.308 e. The van der Waals surface area contributed by atoms with E-state index < -0.39 is 16.1 Å². The van der Waals surface area contributed by atoms with E-state index in [1.54, 1.807) is 22.7 Å². The van der Waals surface area contributed by atoms with Crippen LogP contribution in [0.5, 0.6) is 0 Å². The lowest BCUT2D eigenvalue weighted by Crippen LogP contribution is -2.49. The third-order valence-corrected chi connectivity index (χ3v) is 10.9. The van der Waals surface area contributed by atoms with Crippen LogP contribution in [0.2, 0.25) is 4.34 Å². The van der Waals surface area contributed by atoms with Crippen LogP contribution >= 0.6 is 58.4 Å². The zero-order valence-corrected chi connectivity index (χ0v) is 23.8. The van der Waals surface area contributed by atoms with Crippen molar-refractivity contribution >= 4 is 89.7 Å². The zero-order valence-electron chi connectivity index (χ0n) is 18.9. The first-order chi connectivity index (χ1) is 15.7. The first kappa shape index (κ1) is 27.7. The van der Waals surface area contributed by atoms with Gasteiger partial charge in [0.2, 0.25) is 5.91 Å². The monoisotopic (exact) mass is 580 g/mol. The number of sulfonamides is 1. The third kappa shape index (κ3) is 5.57. The molecule has 0 aliphatic carbocycles.